The van der Waals surface area contributed by atoms with E-state index in [1.807, 2.05) is 12.1 Å². The van der Waals surface area contributed by atoms with Gasteiger partial charge < -0.3 is 19.6 Å². The van der Waals surface area contributed by atoms with Crippen molar-refractivity contribution >= 4 is 5.97 Å². The van der Waals surface area contributed by atoms with Crippen LogP contribution in [0.2, 0.25) is 0 Å². The standard InChI is InChI=1S/C18H21N3O5/c1-12-19-15(8-17(22)20-12)16-10-21(6-7-25-16)9-13-2-4-14(5-3-13)26-11-18(23)24/h2-5,8,16H,6-7,9-11H2,1H3,(H,23,24)(H,19,20,22). The number of hydrogen-bond donors (Lipinski definition) is 2. The van der Waals surface area contributed by atoms with E-state index in [2.05, 4.69) is 14.9 Å². The second-order valence-corrected chi connectivity index (χ2v) is 6.18. The molecule has 2 heterocycles. The molecule has 1 saturated heterocycles. The van der Waals surface area contributed by atoms with Crippen molar-refractivity contribution in [3.8, 4) is 5.75 Å². The van der Waals surface area contributed by atoms with Gasteiger partial charge in [-0.05, 0) is 24.6 Å². The fourth-order valence-corrected chi connectivity index (χ4v) is 2.89. The van der Waals surface area contributed by atoms with Crippen LogP contribution in [-0.4, -0.2) is 52.2 Å². The van der Waals surface area contributed by atoms with Crippen molar-refractivity contribution in [2.75, 3.05) is 26.3 Å². The van der Waals surface area contributed by atoms with Crippen LogP contribution in [0.3, 0.4) is 0 Å². The molecule has 1 aromatic heterocycles. The predicted octanol–water partition coefficient (Wildman–Crippen LogP) is 1.12. The largest absolute Gasteiger partial charge is 0.482 e. The van der Waals surface area contributed by atoms with Crippen LogP contribution < -0.4 is 10.3 Å². The number of nitrogens with zero attached hydrogens (tertiary/aromatic N) is 2. The maximum Gasteiger partial charge on any atom is 0.341 e. The van der Waals surface area contributed by atoms with Crippen molar-refractivity contribution in [3.63, 3.8) is 0 Å². The van der Waals surface area contributed by atoms with E-state index in [-0.39, 0.29) is 18.3 Å². The van der Waals surface area contributed by atoms with Gasteiger partial charge >= 0.3 is 5.97 Å². The monoisotopic (exact) mass is 359 g/mol. The number of carboxylic acid groups (broad SMARTS) is 1. The Bertz CT molecular complexity index is 818. The quantitative estimate of drug-likeness (QED) is 0.796. The summed E-state index contributed by atoms with van der Waals surface area (Å²) in [5, 5.41) is 8.63. The molecule has 8 heteroatoms. The van der Waals surface area contributed by atoms with Gasteiger partial charge in [0.15, 0.2) is 6.61 Å². The van der Waals surface area contributed by atoms with Gasteiger partial charge in [0.2, 0.25) is 0 Å². The smallest absolute Gasteiger partial charge is 0.341 e. The van der Waals surface area contributed by atoms with Crippen molar-refractivity contribution in [2.45, 2.75) is 19.6 Å². The summed E-state index contributed by atoms with van der Waals surface area (Å²) in [4.78, 5) is 31.4. The molecule has 2 N–H and O–H groups in total. The molecule has 1 atom stereocenters. The van der Waals surface area contributed by atoms with Gasteiger partial charge in [-0.2, -0.15) is 0 Å². The fraction of sp³-hybridized carbons (Fsp3) is 0.389. The van der Waals surface area contributed by atoms with Gasteiger partial charge in [-0.15, -0.1) is 0 Å². The third kappa shape index (κ3) is 4.90. The van der Waals surface area contributed by atoms with Gasteiger partial charge in [0.1, 0.15) is 17.7 Å². The zero-order valence-electron chi connectivity index (χ0n) is 14.5. The SMILES string of the molecule is Cc1nc(C2CN(Cc3ccc(OCC(=O)O)cc3)CCO2)cc(=O)[nH]1. The molecule has 1 unspecified atom stereocenters. The summed E-state index contributed by atoms with van der Waals surface area (Å²) in [5.74, 6) is 0.0985. The van der Waals surface area contributed by atoms with Crippen molar-refractivity contribution in [2.24, 2.45) is 0 Å². The molecular weight excluding hydrogens is 338 g/mol. The molecule has 8 nitrogen and oxygen atoms in total. The highest BCUT2D eigenvalue weighted by molar-refractivity contribution is 5.68. The molecule has 0 aliphatic carbocycles. The maximum absolute atomic E-state index is 11.6. The van der Waals surface area contributed by atoms with E-state index in [0.29, 0.717) is 30.4 Å². The lowest BCUT2D eigenvalue weighted by molar-refractivity contribution is -0.139. The number of aryl methyl sites for hydroxylation is 1. The molecule has 2 aromatic rings. The number of carboxylic acids is 1. The minimum atomic E-state index is -1.00. The lowest BCUT2D eigenvalue weighted by Crippen LogP contribution is -2.38. The van der Waals surface area contributed by atoms with Crippen LogP contribution in [0.15, 0.2) is 35.1 Å². The Morgan fingerprint density at radius 2 is 2.19 bits per heavy atom. The minimum Gasteiger partial charge on any atom is -0.482 e. The van der Waals surface area contributed by atoms with Gasteiger partial charge in [-0.25, -0.2) is 9.78 Å². The zero-order valence-corrected chi connectivity index (χ0v) is 14.5. The second-order valence-electron chi connectivity index (χ2n) is 6.18. The number of ether oxygens (including phenoxy) is 2. The summed E-state index contributed by atoms with van der Waals surface area (Å²) < 4.78 is 10.9. The number of aromatic nitrogens is 2. The number of aromatic amines is 1. The third-order valence-corrected chi connectivity index (χ3v) is 4.05. The molecule has 1 fully saturated rings. The average Bonchev–Trinajstić information content (AvgIpc) is 2.60. The van der Waals surface area contributed by atoms with Crippen LogP contribution in [0.25, 0.3) is 0 Å². The van der Waals surface area contributed by atoms with Gasteiger partial charge in [-0.1, -0.05) is 12.1 Å². The molecule has 138 valence electrons. The number of aliphatic carboxylic acids is 1. The van der Waals surface area contributed by atoms with Gasteiger partial charge in [0.05, 0.1) is 12.3 Å². The number of nitrogens with one attached hydrogen (secondary N) is 1. The summed E-state index contributed by atoms with van der Waals surface area (Å²) >= 11 is 0. The number of carbonyl (C=O) groups is 1. The highest BCUT2D eigenvalue weighted by atomic mass is 16.5. The molecule has 1 aliphatic heterocycles. The molecule has 0 bridgehead atoms. The Morgan fingerprint density at radius 3 is 2.88 bits per heavy atom. The maximum atomic E-state index is 11.6. The van der Waals surface area contributed by atoms with Crippen molar-refractivity contribution < 1.29 is 19.4 Å². The van der Waals surface area contributed by atoms with E-state index < -0.39 is 5.97 Å². The summed E-state index contributed by atoms with van der Waals surface area (Å²) in [6.07, 6.45) is -0.233. The zero-order chi connectivity index (χ0) is 18.5. The summed E-state index contributed by atoms with van der Waals surface area (Å²) in [5.41, 5.74) is 1.56. The topological polar surface area (TPSA) is 105 Å². The molecule has 1 aromatic carbocycles. The van der Waals surface area contributed by atoms with Gasteiger partial charge in [0.25, 0.3) is 5.56 Å². The predicted molar refractivity (Wildman–Crippen MR) is 93.1 cm³/mol. The number of hydrogen-bond acceptors (Lipinski definition) is 6. The molecule has 1 aliphatic rings. The van der Waals surface area contributed by atoms with E-state index in [1.165, 1.54) is 6.07 Å². The number of H-pyrrole nitrogens is 1. The number of benzene rings is 1. The fourth-order valence-electron chi connectivity index (χ4n) is 2.89. The Kier molecular flexibility index (Phi) is 5.65. The van der Waals surface area contributed by atoms with Crippen LogP contribution in [-0.2, 0) is 16.1 Å². The lowest BCUT2D eigenvalue weighted by atomic mass is 10.1. The normalized spacial score (nSPS) is 17.8. The Morgan fingerprint density at radius 1 is 1.42 bits per heavy atom. The molecule has 0 spiro atoms. The van der Waals surface area contributed by atoms with Crippen LogP contribution in [0, 0.1) is 6.92 Å². The highest BCUT2D eigenvalue weighted by Crippen LogP contribution is 2.22. The summed E-state index contributed by atoms with van der Waals surface area (Å²) in [7, 11) is 0. The highest BCUT2D eigenvalue weighted by Gasteiger charge is 2.23. The molecule has 0 amide bonds. The van der Waals surface area contributed by atoms with E-state index in [9.17, 15) is 9.59 Å². The number of morpholine rings is 1. The average molecular weight is 359 g/mol. The Hall–Kier alpha value is -2.71. The van der Waals surface area contributed by atoms with E-state index >= 15 is 0 Å². The summed E-state index contributed by atoms with van der Waals surface area (Å²) in [6, 6.07) is 8.83. The molecule has 0 saturated carbocycles. The van der Waals surface area contributed by atoms with Crippen molar-refractivity contribution in [3.05, 3.63) is 57.8 Å². The minimum absolute atomic E-state index is 0.176. The van der Waals surface area contributed by atoms with Gasteiger partial charge in [-0.3, -0.25) is 9.69 Å². The molecule has 0 radical (unpaired) electrons. The lowest BCUT2D eigenvalue weighted by Gasteiger charge is -2.32. The van der Waals surface area contributed by atoms with Crippen LogP contribution in [0.1, 0.15) is 23.2 Å². The summed E-state index contributed by atoms with van der Waals surface area (Å²) in [6.45, 7) is 4.12. The van der Waals surface area contributed by atoms with Gasteiger partial charge in [0, 0.05) is 25.7 Å². The van der Waals surface area contributed by atoms with E-state index in [1.54, 1.807) is 19.1 Å². The van der Waals surface area contributed by atoms with Crippen LogP contribution in [0.4, 0.5) is 0 Å². The molecular formula is C18H21N3O5. The van der Waals surface area contributed by atoms with Crippen molar-refractivity contribution in [1.82, 2.24) is 14.9 Å². The van der Waals surface area contributed by atoms with Crippen LogP contribution >= 0.6 is 0 Å². The molecule has 26 heavy (non-hydrogen) atoms. The first-order valence-electron chi connectivity index (χ1n) is 8.35. The van der Waals surface area contributed by atoms with E-state index in [0.717, 1.165) is 18.7 Å². The van der Waals surface area contributed by atoms with Crippen LogP contribution in [0.5, 0.6) is 5.75 Å². The van der Waals surface area contributed by atoms with Crippen molar-refractivity contribution in [1.29, 1.82) is 0 Å². The first kappa shape index (κ1) is 18.1. The molecule has 3 rings (SSSR count). The second kappa shape index (κ2) is 8.11. The first-order valence-corrected chi connectivity index (χ1v) is 8.35. The Balaban J connectivity index is 1.61. The van der Waals surface area contributed by atoms with E-state index in [4.69, 9.17) is 14.6 Å². The first-order chi connectivity index (χ1) is 12.5. The number of rotatable bonds is 6. The Labute approximate surface area is 150 Å². The third-order valence-electron chi connectivity index (χ3n) is 4.05.